The predicted octanol–water partition coefficient (Wildman–Crippen LogP) is 0.762. The van der Waals surface area contributed by atoms with Gasteiger partial charge in [-0.3, -0.25) is 4.79 Å². The van der Waals surface area contributed by atoms with Crippen LogP contribution in [0.25, 0.3) is 0 Å². The number of esters is 1. The van der Waals surface area contributed by atoms with Crippen molar-refractivity contribution in [3.8, 4) is 0 Å². The molecular formula is C10H9FO2. The number of rotatable bonds is 1. The number of hydrogen-bond acceptors (Lipinski definition) is 2. The number of alkyl halides is 1. The van der Waals surface area contributed by atoms with E-state index in [9.17, 15) is 9.18 Å². The molecule has 0 radical (unpaired) electrons. The molecular weight excluding hydrogens is 171 g/mol. The van der Waals surface area contributed by atoms with Crippen molar-refractivity contribution in [2.24, 2.45) is 35.5 Å². The SMILES string of the molecule is CC(=O)OC12C3C4C1C1C2C3C41F. The van der Waals surface area contributed by atoms with E-state index in [0.29, 0.717) is 35.5 Å². The van der Waals surface area contributed by atoms with Gasteiger partial charge in [-0.15, -0.1) is 0 Å². The van der Waals surface area contributed by atoms with Gasteiger partial charge in [0.05, 0.1) is 0 Å². The third-order valence-electron chi connectivity index (χ3n) is 5.74. The highest BCUT2D eigenvalue weighted by Crippen LogP contribution is 3.05. The lowest BCUT2D eigenvalue weighted by Crippen LogP contribution is -3.15. The summed E-state index contributed by atoms with van der Waals surface area (Å²) >= 11 is 0. The first-order chi connectivity index (χ1) is 6.15. The van der Waals surface area contributed by atoms with E-state index in [1.165, 1.54) is 6.92 Å². The molecule has 0 N–H and O–H groups in total. The zero-order valence-corrected chi connectivity index (χ0v) is 7.16. The lowest BCUT2D eigenvalue weighted by Gasteiger charge is -3.06. The summed E-state index contributed by atoms with van der Waals surface area (Å²) in [5.41, 5.74) is -0.887. The molecule has 6 saturated carbocycles. The van der Waals surface area contributed by atoms with Crippen LogP contribution in [0.5, 0.6) is 0 Å². The van der Waals surface area contributed by atoms with Gasteiger partial charge in [0.1, 0.15) is 11.3 Å². The molecule has 0 aromatic carbocycles. The average molecular weight is 180 g/mol. The summed E-state index contributed by atoms with van der Waals surface area (Å²) < 4.78 is 19.2. The second-order valence-electron chi connectivity index (χ2n) is 5.43. The molecule has 13 heavy (non-hydrogen) atoms. The van der Waals surface area contributed by atoms with Gasteiger partial charge in [-0.1, -0.05) is 0 Å². The Kier molecular flexibility index (Phi) is 0.509. The van der Waals surface area contributed by atoms with Crippen LogP contribution in [-0.4, -0.2) is 17.2 Å². The molecule has 2 nitrogen and oxygen atoms in total. The van der Waals surface area contributed by atoms with E-state index >= 15 is 0 Å². The lowest BCUT2D eigenvalue weighted by atomic mass is 8.98. The van der Waals surface area contributed by atoms with Crippen molar-refractivity contribution in [3.05, 3.63) is 0 Å². The van der Waals surface area contributed by atoms with Crippen molar-refractivity contribution in [2.45, 2.75) is 18.2 Å². The third-order valence-corrected chi connectivity index (χ3v) is 5.74. The van der Waals surface area contributed by atoms with Crippen LogP contribution in [0.3, 0.4) is 0 Å². The van der Waals surface area contributed by atoms with Crippen molar-refractivity contribution in [2.75, 3.05) is 0 Å². The normalized spacial score (nSPS) is 82.0. The minimum Gasteiger partial charge on any atom is -0.458 e. The van der Waals surface area contributed by atoms with Crippen LogP contribution in [0, 0.1) is 35.5 Å². The first-order valence-corrected chi connectivity index (χ1v) is 5.03. The summed E-state index contributed by atoms with van der Waals surface area (Å²) in [6, 6.07) is 0. The minimum absolute atomic E-state index is 0.125. The Morgan fingerprint density at radius 3 is 2.00 bits per heavy atom. The number of ether oxygens (including phenoxy) is 1. The molecule has 0 spiro atoms. The predicted molar refractivity (Wildman–Crippen MR) is 39.3 cm³/mol. The largest absolute Gasteiger partial charge is 0.458 e. The summed E-state index contributed by atoms with van der Waals surface area (Å²) in [4.78, 5) is 10.9. The van der Waals surface area contributed by atoms with E-state index in [-0.39, 0.29) is 11.6 Å². The van der Waals surface area contributed by atoms with Crippen LogP contribution in [0.4, 0.5) is 4.39 Å². The first kappa shape index (κ1) is 5.99. The van der Waals surface area contributed by atoms with Gasteiger partial charge in [0.25, 0.3) is 0 Å². The quantitative estimate of drug-likeness (QED) is 0.557. The molecule has 6 rings (SSSR count). The molecule has 0 bridgehead atoms. The monoisotopic (exact) mass is 180 g/mol. The third kappa shape index (κ3) is 0.243. The molecule has 0 atom stereocenters. The summed E-state index contributed by atoms with van der Waals surface area (Å²) in [7, 11) is 0. The van der Waals surface area contributed by atoms with Crippen LogP contribution in [0.1, 0.15) is 6.92 Å². The molecule has 68 valence electrons. The molecule has 3 heteroatoms. The fourth-order valence-corrected chi connectivity index (χ4v) is 5.75. The van der Waals surface area contributed by atoms with Gasteiger partial charge in [0.2, 0.25) is 0 Å². The zero-order valence-electron chi connectivity index (χ0n) is 7.16. The number of carbonyl (C=O) groups is 1. The number of halogens is 1. The van der Waals surface area contributed by atoms with E-state index < -0.39 is 5.67 Å². The van der Waals surface area contributed by atoms with Crippen LogP contribution >= 0.6 is 0 Å². The maximum atomic E-state index is 13.8. The fraction of sp³-hybridized carbons (Fsp3) is 0.900. The molecule has 0 aromatic heterocycles. The molecule has 6 fully saturated rings. The van der Waals surface area contributed by atoms with E-state index in [1.807, 2.05) is 0 Å². The maximum Gasteiger partial charge on any atom is 0.303 e. The maximum absolute atomic E-state index is 13.8. The molecule has 0 amide bonds. The Morgan fingerprint density at radius 2 is 1.62 bits per heavy atom. The van der Waals surface area contributed by atoms with Crippen LogP contribution in [-0.2, 0) is 9.53 Å². The first-order valence-electron chi connectivity index (χ1n) is 5.03. The van der Waals surface area contributed by atoms with Crippen molar-refractivity contribution in [1.82, 2.24) is 0 Å². The van der Waals surface area contributed by atoms with Crippen molar-refractivity contribution < 1.29 is 13.9 Å². The molecule has 0 unspecified atom stereocenters. The van der Waals surface area contributed by atoms with Gasteiger partial charge in [-0.05, 0) is 0 Å². The van der Waals surface area contributed by atoms with Crippen molar-refractivity contribution in [1.29, 1.82) is 0 Å². The molecule has 6 aliphatic rings. The Hall–Kier alpha value is -0.600. The van der Waals surface area contributed by atoms with Gasteiger partial charge in [-0.25, -0.2) is 4.39 Å². The van der Waals surface area contributed by atoms with Gasteiger partial charge in [0, 0.05) is 42.4 Å². The van der Waals surface area contributed by atoms with E-state index in [0.717, 1.165) is 0 Å². The van der Waals surface area contributed by atoms with Crippen LogP contribution < -0.4 is 0 Å². The van der Waals surface area contributed by atoms with Crippen LogP contribution in [0.15, 0.2) is 0 Å². The second-order valence-corrected chi connectivity index (χ2v) is 5.43. The molecule has 0 aliphatic heterocycles. The molecule has 0 heterocycles. The van der Waals surface area contributed by atoms with Crippen molar-refractivity contribution >= 4 is 5.97 Å². The summed E-state index contributed by atoms with van der Waals surface area (Å²) in [6.07, 6.45) is 0. The van der Waals surface area contributed by atoms with E-state index in [2.05, 4.69) is 0 Å². The summed E-state index contributed by atoms with van der Waals surface area (Å²) in [5.74, 6) is 2.01. The topological polar surface area (TPSA) is 26.3 Å². The highest BCUT2D eigenvalue weighted by atomic mass is 19.1. The Bertz CT molecular complexity index is 335. The minimum atomic E-state index is -0.762. The number of carbonyl (C=O) groups excluding carboxylic acids is 1. The van der Waals surface area contributed by atoms with Gasteiger partial charge in [0.15, 0.2) is 0 Å². The van der Waals surface area contributed by atoms with Gasteiger partial charge >= 0.3 is 5.97 Å². The lowest BCUT2D eigenvalue weighted by molar-refractivity contribution is -0.649. The van der Waals surface area contributed by atoms with Crippen molar-refractivity contribution in [3.63, 3.8) is 0 Å². The Labute approximate surface area is 74.4 Å². The van der Waals surface area contributed by atoms with Gasteiger partial charge < -0.3 is 4.74 Å². The fourth-order valence-electron chi connectivity index (χ4n) is 5.75. The standard InChI is InChI=1S/C10H9FO2/c1-2(12)13-10-6-3-7(10)5-8(10)4(6)9(3,5)11/h3-8H,1H3. The highest BCUT2D eigenvalue weighted by molar-refractivity contribution is 5.70. The molecule has 6 aliphatic carbocycles. The highest BCUT2D eigenvalue weighted by Gasteiger charge is 3.13. The smallest absolute Gasteiger partial charge is 0.303 e. The molecule has 0 saturated heterocycles. The number of hydrogen-bond donors (Lipinski definition) is 0. The zero-order chi connectivity index (χ0) is 8.75. The molecule has 0 aromatic rings. The Morgan fingerprint density at radius 1 is 1.15 bits per heavy atom. The summed E-state index contributed by atoms with van der Waals surface area (Å²) in [6.45, 7) is 1.47. The second kappa shape index (κ2) is 1.11. The van der Waals surface area contributed by atoms with Gasteiger partial charge in [-0.2, -0.15) is 0 Å². The Balaban J connectivity index is 1.59. The summed E-state index contributed by atoms with van der Waals surface area (Å²) in [5, 5.41) is 0. The van der Waals surface area contributed by atoms with Crippen LogP contribution in [0.2, 0.25) is 0 Å². The van der Waals surface area contributed by atoms with E-state index in [4.69, 9.17) is 4.74 Å². The van der Waals surface area contributed by atoms with E-state index in [1.54, 1.807) is 0 Å². The average Bonchev–Trinajstić information content (AvgIpc) is 2.10.